The van der Waals surface area contributed by atoms with Gasteiger partial charge in [-0.3, -0.25) is 9.59 Å². The smallest absolute Gasteiger partial charge is 0.744 e. The fraction of sp³-hybridized carbons (Fsp3) is 0.453. The van der Waals surface area contributed by atoms with Gasteiger partial charge in [-0.1, -0.05) is 77.0 Å². The Morgan fingerprint density at radius 1 is 0.846 bits per heavy atom. The zero-order valence-electron chi connectivity index (χ0n) is 43.1. The van der Waals surface area contributed by atoms with Gasteiger partial charge in [0.15, 0.2) is 5.71 Å². The molecule has 0 saturated heterocycles. The van der Waals surface area contributed by atoms with E-state index in [4.69, 9.17) is 18.3 Å². The third-order valence-electron chi connectivity index (χ3n) is 12.5. The van der Waals surface area contributed by atoms with E-state index >= 15 is 0 Å². The number of esters is 2. The standard InChI is InChI=1S/C51H62N2O8S.2CH4.K/c1-36-24-28-43-41(34-36)50(2,3)45(52(43)32-15-9-13-22-47(54)59-6)30-25-37-18-17-19-38(49(37)61-39-20-11-8-12-21-39)26-31-46-51(4,5)42-35-40(62(56,57)58)27-29-44(42)53(46)33-16-10-14-23-48(55)60-7;;;/h8,11-12,20-21,24-31,34-35H,9-10,13-19,22-23,32-33H2,1-7H3;2*1H4;/q;;;+1/i;1D2;1D;. The summed E-state index contributed by atoms with van der Waals surface area (Å²) in [4.78, 5) is 25.8. The minimum atomic E-state index is -4.66. The number of rotatable bonds is 18. The quantitative estimate of drug-likeness (QED) is 0.0405. The maximum absolute atomic E-state index is 12.2. The van der Waals surface area contributed by atoms with Gasteiger partial charge >= 0.3 is 63.3 Å². The van der Waals surface area contributed by atoms with Gasteiger partial charge < -0.3 is 23.7 Å². The molecule has 346 valence electrons. The third kappa shape index (κ3) is 13.3. The molecule has 3 aromatic rings. The number of aryl methyl sites for hydroxylation is 1. The summed E-state index contributed by atoms with van der Waals surface area (Å²) in [7, 11) is -0.830. The van der Waals surface area contributed by atoms with Crippen molar-refractivity contribution in [3.63, 3.8) is 0 Å². The molecule has 10 nitrogen and oxygen atoms in total. The number of hydrogen-bond donors (Lipinski definition) is 0. The predicted molar refractivity (Wildman–Crippen MR) is 256 cm³/mol. The van der Waals surface area contributed by atoms with Crippen LogP contribution in [-0.2, 0) is 40.0 Å². The summed E-state index contributed by atoms with van der Waals surface area (Å²) in [5.41, 5.74) is 8.84. The summed E-state index contributed by atoms with van der Waals surface area (Å²) in [5.74, 6) is 1.16. The molecule has 0 aromatic heterocycles. The van der Waals surface area contributed by atoms with Crippen LogP contribution in [0.1, 0.15) is 134 Å². The van der Waals surface area contributed by atoms with Crippen molar-refractivity contribution in [2.45, 2.75) is 136 Å². The van der Waals surface area contributed by atoms with Crippen LogP contribution < -0.4 is 61.0 Å². The van der Waals surface area contributed by atoms with E-state index in [1.54, 1.807) is 6.07 Å². The van der Waals surface area contributed by atoms with Crippen LogP contribution in [0.15, 0.2) is 119 Å². The van der Waals surface area contributed by atoms with Gasteiger partial charge in [-0.2, -0.15) is 4.58 Å². The number of carbonyl (C=O) groups excluding carboxylic acids is 2. The first-order valence-corrected chi connectivity index (χ1v) is 23.3. The predicted octanol–water partition coefficient (Wildman–Crippen LogP) is 8.70. The van der Waals surface area contributed by atoms with Crippen LogP contribution in [0, 0.1) is 6.92 Å². The zero-order chi connectivity index (χ0) is 49.4. The number of hydrogen-bond acceptors (Lipinski definition) is 9. The number of methoxy groups -OCH3 is 2. The normalized spacial score (nSPS) is 17.7. The summed E-state index contributed by atoms with van der Waals surface area (Å²) in [6, 6.07) is 21.2. The van der Waals surface area contributed by atoms with Gasteiger partial charge in [0.1, 0.15) is 28.2 Å². The first-order valence-electron chi connectivity index (χ1n) is 24.3. The Hall–Kier alpha value is -3.62. The van der Waals surface area contributed by atoms with E-state index in [0.717, 1.165) is 97.5 Å². The Labute approximate surface area is 436 Å². The van der Waals surface area contributed by atoms with Crippen molar-refractivity contribution in [3.05, 3.63) is 130 Å². The Bertz CT molecular complexity index is 2460. The number of benzene rings is 3. The fourth-order valence-corrected chi connectivity index (χ4v) is 9.53. The topological polar surface area (TPSA) is 125 Å². The maximum Gasteiger partial charge on any atom is 1.00 e. The molecule has 6 rings (SSSR count). The maximum atomic E-state index is 12.2. The molecule has 0 amide bonds. The number of carbonyl (C=O) groups is 2. The average Bonchev–Trinajstić information content (AvgIpc) is 3.65. The molecule has 3 aliphatic rings. The molecule has 0 fully saturated rings. The first-order chi connectivity index (χ1) is 32.0. The van der Waals surface area contributed by atoms with Gasteiger partial charge in [0.2, 0.25) is 5.69 Å². The van der Waals surface area contributed by atoms with Crippen molar-refractivity contribution in [1.29, 1.82) is 0 Å². The molecule has 0 saturated carbocycles. The molecule has 12 heteroatoms. The minimum absolute atomic E-state index is 0. The van der Waals surface area contributed by atoms with E-state index in [1.807, 2.05) is 30.3 Å². The van der Waals surface area contributed by atoms with Gasteiger partial charge in [-0.15, -0.1) is 0 Å². The van der Waals surface area contributed by atoms with E-state index in [9.17, 15) is 22.6 Å². The summed E-state index contributed by atoms with van der Waals surface area (Å²) in [5, 5.41) is 0. The summed E-state index contributed by atoms with van der Waals surface area (Å²) >= 11 is 0. The van der Waals surface area contributed by atoms with Crippen molar-refractivity contribution >= 4 is 39.1 Å². The van der Waals surface area contributed by atoms with E-state index in [0.29, 0.717) is 25.8 Å². The number of nitrogens with zero attached hydrogens (tertiary/aromatic N) is 2. The van der Waals surface area contributed by atoms with Crippen LogP contribution in [0.2, 0.25) is 0 Å². The van der Waals surface area contributed by atoms with Crippen LogP contribution in [0.25, 0.3) is 0 Å². The average molecular weight is 937 g/mol. The fourth-order valence-electron chi connectivity index (χ4n) is 9.03. The Morgan fingerprint density at radius 2 is 1.51 bits per heavy atom. The third-order valence-corrected chi connectivity index (χ3v) is 13.3. The number of ether oxygens (including phenoxy) is 3. The van der Waals surface area contributed by atoms with Crippen LogP contribution in [0.3, 0.4) is 0 Å². The Morgan fingerprint density at radius 3 is 2.15 bits per heavy atom. The number of unbranched alkanes of at least 4 members (excludes halogenated alkanes) is 4. The van der Waals surface area contributed by atoms with Crippen LogP contribution in [0.4, 0.5) is 11.4 Å². The van der Waals surface area contributed by atoms with Gasteiger partial charge in [0.25, 0.3) is 0 Å². The zero-order valence-corrected chi connectivity index (χ0v) is 44.1. The number of para-hydroxylation sites is 1. The van der Waals surface area contributed by atoms with E-state index in [1.165, 1.54) is 56.3 Å². The van der Waals surface area contributed by atoms with Crippen LogP contribution in [0.5, 0.6) is 5.75 Å². The molecule has 1 aliphatic carbocycles. The molecule has 2 heterocycles. The first kappa shape index (κ1) is 50.8. The van der Waals surface area contributed by atoms with Gasteiger partial charge in [-0.05, 0) is 125 Å². The van der Waals surface area contributed by atoms with E-state index in [-0.39, 0.29) is 81.0 Å². The number of allylic oxidation sites excluding steroid dienone is 7. The molecule has 3 aromatic carbocycles. The number of fused-ring (bicyclic) bond motifs is 2. The monoisotopic (exact) mass is 936 g/mol. The van der Waals surface area contributed by atoms with Gasteiger partial charge in [0.05, 0.1) is 24.5 Å². The minimum Gasteiger partial charge on any atom is -0.744 e. The van der Waals surface area contributed by atoms with Gasteiger partial charge in [-0.25, -0.2) is 8.42 Å². The molecule has 0 atom stereocenters. The van der Waals surface area contributed by atoms with E-state index in [2.05, 4.69) is 86.6 Å². The van der Waals surface area contributed by atoms with Crippen molar-refractivity contribution < 1.29 is 96.8 Å². The molecular formula is C53H70KN2O8S+. The molecule has 0 unspecified atom stereocenters. The van der Waals surface area contributed by atoms with Crippen molar-refractivity contribution in [3.8, 4) is 5.75 Å². The molecule has 65 heavy (non-hydrogen) atoms. The van der Waals surface area contributed by atoms with Crippen molar-refractivity contribution in [2.24, 2.45) is 0 Å². The van der Waals surface area contributed by atoms with Crippen molar-refractivity contribution in [2.75, 3.05) is 32.2 Å². The Kier molecular flexibility index (Phi) is 19.1. The summed E-state index contributed by atoms with van der Waals surface area (Å²) in [6.45, 7) is 12.3. The Balaban J connectivity index is 0.00000196. The van der Waals surface area contributed by atoms with Gasteiger partial charge in [0, 0.05) is 64.4 Å². The molecule has 0 N–H and O–H groups in total. The molecule has 0 bridgehead atoms. The second kappa shape index (κ2) is 24.4. The molecular weight excluding hydrogens is 864 g/mol. The SMILES string of the molecule is COC(=O)CCCCCN1C(=CC=C2CCCC(C=CC3=[N+](CCCCCC(=O)OC)c4ccc(S(=O)(=O)[O-])cc4C3(C)C)=C2Oc2ccccc2)C(C)(C)c2cc(C)ccc21.[2H]C.[2H]C[2H].[K+]. The van der Waals surface area contributed by atoms with E-state index < -0.39 is 15.5 Å². The molecule has 0 radical (unpaired) electrons. The van der Waals surface area contributed by atoms with Crippen LogP contribution in [-0.4, -0.2) is 62.5 Å². The second-order valence-corrected chi connectivity index (χ2v) is 18.9. The molecule has 0 spiro atoms. The second-order valence-electron chi connectivity index (χ2n) is 17.6. The molecule has 2 aliphatic heterocycles. The van der Waals surface area contributed by atoms with Crippen LogP contribution >= 0.6 is 0 Å². The largest absolute Gasteiger partial charge is 1.00 e. The number of anilines is 1. The van der Waals surface area contributed by atoms with Crippen molar-refractivity contribution in [1.82, 2.24) is 0 Å². The summed E-state index contributed by atoms with van der Waals surface area (Å²) < 4.78 is 72.7. The summed E-state index contributed by atoms with van der Waals surface area (Å²) in [6.07, 6.45) is 17.1.